The first-order chi connectivity index (χ1) is 31.2. The second kappa shape index (κ2) is 22.2. The number of sulfone groups is 2. The first-order valence-electron chi connectivity index (χ1n) is 20.7. The van der Waals surface area contributed by atoms with E-state index in [1.165, 1.54) is 12.4 Å². The van der Waals surface area contributed by atoms with Crippen molar-refractivity contribution in [1.82, 2.24) is 24.8 Å². The smallest absolute Gasteiger partial charge is 0.229 e. The van der Waals surface area contributed by atoms with Crippen LogP contribution in [0.1, 0.15) is 49.9 Å². The zero-order valence-corrected chi connectivity index (χ0v) is 41.6. The number of hydrogen-bond donors (Lipinski definition) is 5. The van der Waals surface area contributed by atoms with Gasteiger partial charge in [-0.25, -0.2) is 26.8 Å². The molecule has 6 N–H and O–H groups in total. The molecule has 2 heterocycles. The number of hydrogen-bond acceptors (Lipinski definition) is 16. The maximum Gasteiger partial charge on any atom is 0.229 e. The lowest BCUT2D eigenvalue weighted by Crippen LogP contribution is -2.15. The number of aryl methyl sites for hydroxylation is 2. The molecule has 0 aliphatic rings. The highest BCUT2D eigenvalue weighted by atomic mass is 35.5. The van der Waals surface area contributed by atoms with E-state index in [1.54, 1.807) is 90.4 Å². The minimum absolute atomic E-state index is 0.175. The van der Waals surface area contributed by atoms with E-state index in [0.29, 0.717) is 40.8 Å². The molecular formula is C46H56Cl2N10O6S2. The highest BCUT2D eigenvalue weighted by molar-refractivity contribution is 7.92. The molecule has 0 fully saturated rings. The number of aromatic nitrogens is 4. The Morgan fingerprint density at radius 3 is 1.39 bits per heavy atom. The number of para-hydroxylation sites is 2. The van der Waals surface area contributed by atoms with Crippen LogP contribution in [0.4, 0.5) is 46.3 Å². The van der Waals surface area contributed by atoms with Crippen molar-refractivity contribution in [2.24, 2.45) is 5.73 Å². The van der Waals surface area contributed by atoms with Gasteiger partial charge < -0.3 is 41.4 Å². The van der Waals surface area contributed by atoms with Gasteiger partial charge >= 0.3 is 0 Å². The van der Waals surface area contributed by atoms with Gasteiger partial charge in [-0.1, -0.05) is 47.5 Å². The Morgan fingerprint density at radius 1 is 0.621 bits per heavy atom. The number of nitrogens with zero attached hydrogens (tertiary/aromatic N) is 5. The maximum atomic E-state index is 12.8. The fourth-order valence-corrected chi connectivity index (χ4v) is 9.07. The van der Waals surface area contributed by atoms with Gasteiger partial charge in [-0.05, 0) is 126 Å². The molecule has 6 rings (SSSR count). The molecule has 0 saturated carbocycles. The van der Waals surface area contributed by atoms with Crippen LogP contribution in [0.2, 0.25) is 10.0 Å². The van der Waals surface area contributed by atoms with Gasteiger partial charge in [0.05, 0.1) is 69.7 Å². The zero-order valence-electron chi connectivity index (χ0n) is 38.5. The summed E-state index contributed by atoms with van der Waals surface area (Å²) in [6.45, 7) is 11.7. The van der Waals surface area contributed by atoms with Crippen LogP contribution in [-0.4, -0.2) is 80.5 Å². The standard InChI is InChI=1S/C24H30ClN5O3S.C22H26ClN5O3S/c1-15(2)34(31,32)22-10-8-7-9-19(22)27-23-18(25)13-26-24(29-23)28-20-11-16(3)17(14-30(4)5)12-21(20)33-6;1-13(2)32(29,30)20-8-6-5-7-17(20)26-21-16(23)12-25-22(28-21)27-18-9-14(3)15(11-24)10-19(18)31-4/h7-13,15H,14H2,1-6H3,(H2,26,27,28,29);5-10,12-13H,11,24H2,1-4H3,(H2,25,26,27,28). The van der Waals surface area contributed by atoms with Crippen molar-refractivity contribution in [3.8, 4) is 11.5 Å². The molecule has 2 aromatic heterocycles. The van der Waals surface area contributed by atoms with Crippen LogP contribution in [0.5, 0.6) is 11.5 Å². The molecule has 66 heavy (non-hydrogen) atoms. The molecule has 352 valence electrons. The van der Waals surface area contributed by atoms with E-state index in [4.69, 9.17) is 38.4 Å². The predicted octanol–water partition coefficient (Wildman–Crippen LogP) is 9.75. The molecule has 0 atom stereocenters. The summed E-state index contributed by atoms with van der Waals surface area (Å²) in [6, 6.07) is 21.0. The summed E-state index contributed by atoms with van der Waals surface area (Å²) >= 11 is 12.6. The van der Waals surface area contributed by atoms with E-state index in [2.05, 4.69) is 46.1 Å². The number of anilines is 8. The summed E-state index contributed by atoms with van der Waals surface area (Å²) in [5, 5.41) is 11.8. The van der Waals surface area contributed by atoms with Crippen molar-refractivity contribution >= 4 is 89.2 Å². The minimum atomic E-state index is -3.51. The Bertz CT molecular complexity index is 2900. The molecule has 4 aromatic carbocycles. The van der Waals surface area contributed by atoms with E-state index in [1.807, 2.05) is 52.2 Å². The first-order valence-corrected chi connectivity index (χ1v) is 24.5. The number of nitrogens with two attached hydrogens (primary N) is 1. The topological polar surface area (TPSA) is 216 Å². The summed E-state index contributed by atoms with van der Waals surface area (Å²) in [4.78, 5) is 19.9. The zero-order chi connectivity index (χ0) is 48.5. The second-order valence-corrected chi connectivity index (χ2v) is 21.6. The van der Waals surface area contributed by atoms with Crippen LogP contribution in [0.25, 0.3) is 0 Å². The average Bonchev–Trinajstić information content (AvgIpc) is 3.27. The lowest BCUT2D eigenvalue weighted by atomic mass is 10.1. The second-order valence-electron chi connectivity index (χ2n) is 15.9. The molecule has 16 nitrogen and oxygen atoms in total. The van der Waals surface area contributed by atoms with E-state index in [-0.39, 0.29) is 43.4 Å². The summed E-state index contributed by atoms with van der Waals surface area (Å²) in [7, 11) is 0.180. The van der Waals surface area contributed by atoms with Gasteiger partial charge in [-0.15, -0.1) is 0 Å². The molecule has 0 aliphatic heterocycles. The van der Waals surface area contributed by atoms with Crippen LogP contribution < -0.4 is 36.5 Å². The molecule has 0 unspecified atom stereocenters. The molecule has 20 heteroatoms. The third kappa shape index (κ3) is 12.4. The minimum Gasteiger partial charge on any atom is -0.495 e. The fraction of sp³-hybridized carbons (Fsp3) is 0.304. The quantitative estimate of drug-likeness (QED) is 0.0575. The molecule has 0 aliphatic carbocycles. The Morgan fingerprint density at radius 2 is 1.02 bits per heavy atom. The van der Waals surface area contributed by atoms with E-state index in [0.717, 1.165) is 28.8 Å². The molecule has 6 aromatic rings. The third-order valence-electron chi connectivity index (χ3n) is 10.1. The summed E-state index contributed by atoms with van der Waals surface area (Å²) in [5.41, 5.74) is 12.1. The SMILES string of the molecule is COc1cc(CN(C)C)c(C)cc1Nc1ncc(Cl)c(Nc2ccccc2S(=O)(=O)C(C)C)n1.COc1cc(CN)c(C)cc1Nc1ncc(Cl)c(Nc2ccccc2S(=O)(=O)C(C)C)n1. The summed E-state index contributed by atoms with van der Waals surface area (Å²) in [6.07, 6.45) is 2.89. The monoisotopic (exact) mass is 978 g/mol. The van der Waals surface area contributed by atoms with Crippen molar-refractivity contribution in [3.05, 3.63) is 117 Å². The largest absolute Gasteiger partial charge is 0.495 e. The van der Waals surface area contributed by atoms with Gasteiger partial charge in [0.25, 0.3) is 0 Å². The third-order valence-corrected chi connectivity index (χ3v) is 15.1. The van der Waals surface area contributed by atoms with Gasteiger partial charge in [-0.3, -0.25) is 0 Å². The van der Waals surface area contributed by atoms with Crippen LogP contribution in [0.15, 0.2) is 95.0 Å². The highest BCUT2D eigenvalue weighted by Crippen LogP contribution is 2.35. The van der Waals surface area contributed by atoms with Crippen LogP contribution in [0, 0.1) is 13.8 Å². The lowest BCUT2D eigenvalue weighted by molar-refractivity contribution is 0.395. The number of nitrogens with one attached hydrogen (secondary N) is 4. The molecule has 0 amide bonds. The normalized spacial score (nSPS) is 11.6. The number of ether oxygens (including phenoxy) is 2. The van der Waals surface area contributed by atoms with E-state index < -0.39 is 30.2 Å². The van der Waals surface area contributed by atoms with Crippen molar-refractivity contribution in [1.29, 1.82) is 0 Å². The van der Waals surface area contributed by atoms with E-state index in [9.17, 15) is 16.8 Å². The Kier molecular flexibility index (Phi) is 17.2. The van der Waals surface area contributed by atoms with Crippen molar-refractivity contribution in [2.75, 3.05) is 49.6 Å². The van der Waals surface area contributed by atoms with Gasteiger partial charge in [-0.2, -0.15) is 9.97 Å². The predicted molar refractivity (Wildman–Crippen MR) is 265 cm³/mol. The Labute approximate surface area is 397 Å². The van der Waals surface area contributed by atoms with Gasteiger partial charge in [0.2, 0.25) is 11.9 Å². The van der Waals surface area contributed by atoms with Crippen molar-refractivity contribution < 1.29 is 26.3 Å². The lowest BCUT2D eigenvalue weighted by Gasteiger charge is -2.18. The first kappa shape index (κ1) is 51.2. The van der Waals surface area contributed by atoms with Gasteiger partial charge in [0.15, 0.2) is 31.3 Å². The Hall–Kier alpha value is -5.76. The number of rotatable bonds is 17. The van der Waals surface area contributed by atoms with Crippen LogP contribution in [0.3, 0.4) is 0 Å². The maximum absolute atomic E-state index is 12.8. The number of methoxy groups -OCH3 is 2. The Balaban J connectivity index is 0.000000248. The van der Waals surface area contributed by atoms with Gasteiger partial charge in [0.1, 0.15) is 21.5 Å². The van der Waals surface area contributed by atoms with Gasteiger partial charge in [0, 0.05) is 13.1 Å². The van der Waals surface area contributed by atoms with Crippen LogP contribution in [-0.2, 0) is 32.8 Å². The molecule has 0 saturated heterocycles. The average molecular weight is 980 g/mol. The molecule has 0 bridgehead atoms. The van der Waals surface area contributed by atoms with E-state index >= 15 is 0 Å². The molecular weight excluding hydrogens is 924 g/mol. The summed E-state index contributed by atoms with van der Waals surface area (Å²) in [5.74, 6) is 2.35. The summed E-state index contributed by atoms with van der Waals surface area (Å²) < 4.78 is 62.1. The van der Waals surface area contributed by atoms with Crippen molar-refractivity contribution in [2.45, 2.75) is 74.9 Å². The molecule has 0 radical (unpaired) electrons. The number of benzene rings is 4. The highest BCUT2D eigenvalue weighted by Gasteiger charge is 2.25. The fourth-order valence-electron chi connectivity index (χ4n) is 6.39. The van der Waals surface area contributed by atoms with Crippen molar-refractivity contribution in [3.63, 3.8) is 0 Å². The number of halogens is 2. The molecule has 0 spiro atoms. The van der Waals surface area contributed by atoms with Crippen LogP contribution >= 0.6 is 23.2 Å².